The van der Waals surface area contributed by atoms with Gasteiger partial charge in [0.2, 0.25) is 5.95 Å². The highest BCUT2D eigenvalue weighted by Crippen LogP contribution is 2.33. The molecule has 0 saturated carbocycles. The maximum atomic E-state index is 8.94. The quantitative estimate of drug-likeness (QED) is 0.659. The molecule has 6 nitrogen and oxygen atoms in total. The Labute approximate surface area is 159 Å². The van der Waals surface area contributed by atoms with Crippen LogP contribution in [0.2, 0.25) is 10.0 Å². The van der Waals surface area contributed by atoms with E-state index >= 15 is 0 Å². The van der Waals surface area contributed by atoms with Crippen LogP contribution in [0.5, 0.6) is 0 Å². The van der Waals surface area contributed by atoms with Crippen LogP contribution in [0.4, 0.5) is 23.1 Å². The van der Waals surface area contributed by atoms with Gasteiger partial charge in [-0.15, -0.1) is 0 Å². The van der Waals surface area contributed by atoms with Crippen LogP contribution >= 0.6 is 23.2 Å². The van der Waals surface area contributed by atoms with Gasteiger partial charge in [0.15, 0.2) is 0 Å². The fourth-order valence-corrected chi connectivity index (χ4v) is 2.71. The molecule has 0 unspecified atom stereocenters. The van der Waals surface area contributed by atoms with E-state index in [9.17, 15) is 0 Å². The standard InChI is InChI=1S/C18H10Cl2N6/c19-14-7-12(10-22)8-15(20)17(14)25-16-5-6-23-18(26-16)24-13-3-1-11(9-21)2-4-13/h1-8H,(H2,23,24,25,26). The van der Waals surface area contributed by atoms with Crippen LogP contribution in [0.3, 0.4) is 0 Å². The Balaban J connectivity index is 1.82. The first-order valence-electron chi connectivity index (χ1n) is 7.35. The van der Waals surface area contributed by atoms with Gasteiger partial charge in [-0.05, 0) is 42.5 Å². The summed E-state index contributed by atoms with van der Waals surface area (Å²) < 4.78 is 0. The van der Waals surface area contributed by atoms with E-state index in [-0.39, 0.29) is 0 Å². The predicted molar refractivity (Wildman–Crippen MR) is 101 cm³/mol. The van der Waals surface area contributed by atoms with Crippen molar-refractivity contribution in [3.05, 3.63) is 69.8 Å². The normalized spacial score (nSPS) is 9.85. The summed E-state index contributed by atoms with van der Waals surface area (Å²) in [6.07, 6.45) is 1.58. The molecule has 0 aliphatic rings. The van der Waals surface area contributed by atoms with E-state index in [1.54, 1.807) is 36.5 Å². The molecule has 0 aliphatic carbocycles. The Morgan fingerprint density at radius 3 is 2.12 bits per heavy atom. The van der Waals surface area contributed by atoms with E-state index in [0.29, 0.717) is 38.6 Å². The van der Waals surface area contributed by atoms with Crippen molar-refractivity contribution in [1.82, 2.24) is 9.97 Å². The summed E-state index contributed by atoms with van der Waals surface area (Å²) in [5.41, 5.74) is 2.14. The Morgan fingerprint density at radius 1 is 0.846 bits per heavy atom. The van der Waals surface area contributed by atoms with Gasteiger partial charge in [0.1, 0.15) is 5.82 Å². The number of nitriles is 2. The number of rotatable bonds is 4. The molecule has 0 aliphatic heterocycles. The van der Waals surface area contributed by atoms with Gasteiger partial charge in [-0.1, -0.05) is 23.2 Å². The molecule has 26 heavy (non-hydrogen) atoms. The zero-order chi connectivity index (χ0) is 18.5. The summed E-state index contributed by atoms with van der Waals surface area (Å²) in [6, 6.07) is 15.7. The van der Waals surface area contributed by atoms with E-state index in [1.807, 2.05) is 6.07 Å². The van der Waals surface area contributed by atoms with Crippen molar-refractivity contribution in [2.24, 2.45) is 0 Å². The van der Waals surface area contributed by atoms with E-state index in [2.05, 4.69) is 26.7 Å². The van der Waals surface area contributed by atoms with Crippen molar-refractivity contribution in [3.63, 3.8) is 0 Å². The lowest BCUT2D eigenvalue weighted by molar-refractivity contribution is 1.17. The van der Waals surface area contributed by atoms with Crippen LogP contribution < -0.4 is 10.6 Å². The van der Waals surface area contributed by atoms with Crippen molar-refractivity contribution in [2.75, 3.05) is 10.6 Å². The van der Waals surface area contributed by atoms with Crippen molar-refractivity contribution in [1.29, 1.82) is 10.5 Å². The molecular weight excluding hydrogens is 371 g/mol. The molecule has 0 spiro atoms. The summed E-state index contributed by atoms with van der Waals surface area (Å²) in [6.45, 7) is 0. The van der Waals surface area contributed by atoms with Gasteiger partial charge in [-0.3, -0.25) is 0 Å². The molecule has 0 fully saturated rings. The van der Waals surface area contributed by atoms with Gasteiger partial charge in [-0.25, -0.2) is 4.98 Å². The Kier molecular flexibility index (Phi) is 5.19. The highest BCUT2D eigenvalue weighted by molar-refractivity contribution is 6.39. The van der Waals surface area contributed by atoms with Crippen molar-refractivity contribution in [2.45, 2.75) is 0 Å². The molecule has 2 aromatic carbocycles. The Hall–Kier alpha value is -3.32. The van der Waals surface area contributed by atoms with Crippen molar-refractivity contribution < 1.29 is 0 Å². The maximum Gasteiger partial charge on any atom is 0.229 e. The lowest BCUT2D eigenvalue weighted by Crippen LogP contribution is -2.01. The largest absolute Gasteiger partial charge is 0.338 e. The number of anilines is 4. The molecule has 0 amide bonds. The molecule has 126 valence electrons. The average molecular weight is 381 g/mol. The molecule has 8 heteroatoms. The zero-order valence-corrected chi connectivity index (χ0v) is 14.7. The third-order valence-corrected chi connectivity index (χ3v) is 3.95. The minimum atomic E-state index is 0.314. The summed E-state index contributed by atoms with van der Waals surface area (Å²) in [7, 11) is 0. The van der Waals surface area contributed by atoms with E-state index < -0.39 is 0 Å². The summed E-state index contributed by atoms with van der Waals surface area (Å²) >= 11 is 12.4. The number of halogens is 2. The SMILES string of the molecule is N#Cc1ccc(Nc2nccc(Nc3c(Cl)cc(C#N)cc3Cl)n2)cc1. The molecule has 2 N–H and O–H groups in total. The summed E-state index contributed by atoms with van der Waals surface area (Å²) in [4.78, 5) is 8.50. The summed E-state index contributed by atoms with van der Waals surface area (Å²) in [5, 5.41) is 24.5. The van der Waals surface area contributed by atoms with E-state index in [4.69, 9.17) is 33.7 Å². The molecule has 0 atom stereocenters. The predicted octanol–water partition coefficient (Wildman–Crippen LogP) is 5.01. The molecule has 0 radical (unpaired) electrons. The fraction of sp³-hybridized carbons (Fsp3) is 0. The van der Waals surface area contributed by atoms with Crippen LogP contribution in [-0.2, 0) is 0 Å². The van der Waals surface area contributed by atoms with Crippen LogP contribution in [-0.4, -0.2) is 9.97 Å². The number of aromatic nitrogens is 2. The molecule has 3 aromatic rings. The molecular formula is C18H10Cl2N6. The Bertz CT molecular complexity index is 1010. The van der Waals surface area contributed by atoms with E-state index in [1.165, 1.54) is 12.1 Å². The van der Waals surface area contributed by atoms with Crippen molar-refractivity contribution >= 4 is 46.3 Å². The number of nitrogens with zero attached hydrogens (tertiary/aromatic N) is 4. The number of hydrogen-bond acceptors (Lipinski definition) is 6. The molecule has 0 saturated heterocycles. The van der Waals surface area contributed by atoms with Crippen LogP contribution in [0.1, 0.15) is 11.1 Å². The molecule has 1 aromatic heterocycles. The molecule has 1 heterocycles. The van der Waals surface area contributed by atoms with Gasteiger partial charge in [0.05, 0.1) is 39.0 Å². The number of nitrogens with one attached hydrogen (secondary N) is 2. The maximum absolute atomic E-state index is 8.94. The monoisotopic (exact) mass is 380 g/mol. The smallest absolute Gasteiger partial charge is 0.229 e. The van der Waals surface area contributed by atoms with Gasteiger partial charge in [0.25, 0.3) is 0 Å². The van der Waals surface area contributed by atoms with Gasteiger partial charge in [0, 0.05) is 11.9 Å². The zero-order valence-electron chi connectivity index (χ0n) is 13.2. The highest BCUT2D eigenvalue weighted by atomic mass is 35.5. The summed E-state index contributed by atoms with van der Waals surface area (Å²) in [5.74, 6) is 0.838. The van der Waals surface area contributed by atoms with Crippen LogP contribution in [0.15, 0.2) is 48.7 Å². The van der Waals surface area contributed by atoms with Crippen LogP contribution in [0, 0.1) is 22.7 Å². The minimum absolute atomic E-state index is 0.314. The van der Waals surface area contributed by atoms with Crippen LogP contribution in [0.25, 0.3) is 0 Å². The molecule has 3 rings (SSSR count). The molecule has 0 bridgehead atoms. The highest BCUT2D eigenvalue weighted by Gasteiger charge is 2.10. The van der Waals surface area contributed by atoms with Gasteiger partial charge in [-0.2, -0.15) is 15.5 Å². The first-order valence-corrected chi connectivity index (χ1v) is 8.11. The van der Waals surface area contributed by atoms with Gasteiger partial charge >= 0.3 is 0 Å². The second kappa shape index (κ2) is 7.71. The van der Waals surface area contributed by atoms with E-state index in [0.717, 1.165) is 5.69 Å². The second-order valence-electron chi connectivity index (χ2n) is 5.13. The lowest BCUT2D eigenvalue weighted by Gasteiger charge is -2.11. The first-order chi connectivity index (χ1) is 12.6. The third-order valence-electron chi connectivity index (χ3n) is 3.35. The average Bonchev–Trinajstić information content (AvgIpc) is 2.65. The second-order valence-corrected chi connectivity index (χ2v) is 5.95. The fourth-order valence-electron chi connectivity index (χ4n) is 2.13. The first kappa shape index (κ1) is 17.5. The lowest BCUT2D eigenvalue weighted by atomic mass is 10.2. The van der Waals surface area contributed by atoms with Crippen molar-refractivity contribution in [3.8, 4) is 12.1 Å². The number of benzene rings is 2. The minimum Gasteiger partial charge on any atom is -0.338 e. The topological polar surface area (TPSA) is 97.4 Å². The van der Waals surface area contributed by atoms with Gasteiger partial charge < -0.3 is 10.6 Å². The third kappa shape index (κ3) is 4.01. The Morgan fingerprint density at radius 2 is 1.50 bits per heavy atom. The number of hydrogen-bond donors (Lipinski definition) is 2.